The predicted octanol–water partition coefficient (Wildman–Crippen LogP) is 7.22. The standard InChI is InChI=1S/C25H25Cl2FN2O3/c1-3-33-25(31)22-23(17-14-16(26)12-13-20(17)32-2)30(19-11-7-10-18(27)21(19)28)24(29-22)15-8-5-4-6-9-15/h7,10-15H,3-6,8-9H2,1-2H3. The van der Waals surface area contributed by atoms with Crippen LogP contribution in [0, 0.1) is 5.82 Å². The summed E-state index contributed by atoms with van der Waals surface area (Å²) in [5.41, 5.74) is 1.19. The molecule has 1 aliphatic carbocycles. The average Bonchev–Trinajstić information content (AvgIpc) is 3.22. The van der Waals surface area contributed by atoms with Crippen molar-refractivity contribution in [2.45, 2.75) is 44.9 Å². The Hall–Kier alpha value is -2.57. The maximum atomic E-state index is 15.4. The number of imidazole rings is 1. The highest BCUT2D eigenvalue weighted by atomic mass is 35.5. The second kappa shape index (κ2) is 10.1. The predicted molar refractivity (Wildman–Crippen MR) is 127 cm³/mol. The van der Waals surface area contributed by atoms with Crippen molar-refractivity contribution in [3.63, 3.8) is 0 Å². The lowest BCUT2D eigenvalue weighted by atomic mass is 9.88. The summed E-state index contributed by atoms with van der Waals surface area (Å²) in [6.07, 6.45) is 5.02. The molecular formula is C25H25Cl2FN2O3. The summed E-state index contributed by atoms with van der Waals surface area (Å²) >= 11 is 12.5. The maximum absolute atomic E-state index is 15.4. The van der Waals surface area contributed by atoms with Gasteiger partial charge in [0.15, 0.2) is 11.5 Å². The van der Waals surface area contributed by atoms with Crippen LogP contribution in [0.3, 0.4) is 0 Å². The minimum absolute atomic E-state index is 0.0162. The van der Waals surface area contributed by atoms with Gasteiger partial charge in [-0.1, -0.05) is 48.5 Å². The molecule has 0 bridgehead atoms. The van der Waals surface area contributed by atoms with Gasteiger partial charge in [-0.3, -0.25) is 4.57 Å². The summed E-state index contributed by atoms with van der Waals surface area (Å²) in [7, 11) is 1.53. The Kier molecular flexibility index (Phi) is 7.25. The number of nitrogens with zero attached hydrogens (tertiary/aromatic N) is 2. The van der Waals surface area contributed by atoms with Crippen molar-refractivity contribution in [3.05, 3.63) is 63.8 Å². The van der Waals surface area contributed by atoms with Crippen molar-refractivity contribution in [1.29, 1.82) is 0 Å². The number of ether oxygens (including phenoxy) is 2. The molecule has 1 aromatic heterocycles. The second-order valence-electron chi connectivity index (χ2n) is 7.98. The molecule has 0 radical (unpaired) electrons. The van der Waals surface area contributed by atoms with E-state index in [4.69, 9.17) is 37.7 Å². The molecule has 0 spiro atoms. The molecule has 4 rings (SSSR count). The van der Waals surface area contributed by atoms with Gasteiger partial charge in [-0.25, -0.2) is 14.2 Å². The fourth-order valence-corrected chi connectivity index (χ4v) is 4.78. The fraction of sp³-hybridized carbons (Fsp3) is 0.360. The number of aromatic nitrogens is 2. The molecule has 0 N–H and O–H groups in total. The van der Waals surface area contributed by atoms with Crippen molar-refractivity contribution in [2.75, 3.05) is 13.7 Å². The number of carbonyl (C=O) groups is 1. The van der Waals surface area contributed by atoms with E-state index < -0.39 is 11.8 Å². The number of hydrogen-bond donors (Lipinski definition) is 0. The molecule has 3 aromatic rings. The smallest absolute Gasteiger partial charge is 0.359 e. The molecule has 0 saturated heterocycles. The first-order valence-electron chi connectivity index (χ1n) is 11.0. The van der Waals surface area contributed by atoms with Crippen LogP contribution in [0.5, 0.6) is 5.75 Å². The SMILES string of the molecule is CCOC(=O)c1nc(C2CCCCC2)n(-c2cccc(Cl)c2F)c1-c1cc(Cl)ccc1OC. The summed E-state index contributed by atoms with van der Waals surface area (Å²) in [6, 6.07) is 9.88. The highest BCUT2D eigenvalue weighted by Crippen LogP contribution is 2.42. The molecule has 33 heavy (non-hydrogen) atoms. The van der Waals surface area contributed by atoms with Crippen molar-refractivity contribution in [3.8, 4) is 22.7 Å². The molecular weight excluding hydrogens is 466 g/mol. The maximum Gasteiger partial charge on any atom is 0.359 e. The van der Waals surface area contributed by atoms with Crippen LogP contribution >= 0.6 is 23.2 Å². The number of hydrogen-bond acceptors (Lipinski definition) is 4. The second-order valence-corrected chi connectivity index (χ2v) is 8.82. The summed E-state index contributed by atoms with van der Waals surface area (Å²) < 4.78 is 28.0. The lowest BCUT2D eigenvalue weighted by molar-refractivity contribution is 0.0521. The normalized spacial score (nSPS) is 14.3. The quantitative estimate of drug-likeness (QED) is 0.342. The molecule has 0 unspecified atom stereocenters. The van der Waals surface area contributed by atoms with E-state index in [1.165, 1.54) is 13.2 Å². The van der Waals surface area contributed by atoms with Crippen LogP contribution < -0.4 is 4.74 Å². The molecule has 1 heterocycles. The molecule has 2 aromatic carbocycles. The summed E-state index contributed by atoms with van der Waals surface area (Å²) in [6.45, 7) is 1.91. The molecule has 8 heteroatoms. The van der Waals surface area contributed by atoms with E-state index in [-0.39, 0.29) is 28.9 Å². The minimum atomic E-state index is -0.591. The first-order chi connectivity index (χ1) is 16.0. The number of methoxy groups -OCH3 is 1. The summed E-state index contributed by atoms with van der Waals surface area (Å²) in [5.74, 6) is -0.0389. The molecule has 174 valence electrons. The van der Waals surface area contributed by atoms with Gasteiger partial charge >= 0.3 is 5.97 Å². The van der Waals surface area contributed by atoms with Crippen LogP contribution in [0.1, 0.15) is 61.3 Å². The lowest BCUT2D eigenvalue weighted by Gasteiger charge is -2.23. The topological polar surface area (TPSA) is 53.3 Å². The third-order valence-electron chi connectivity index (χ3n) is 5.93. The Morgan fingerprint density at radius 2 is 1.94 bits per heavy atom. The van der Waals surface area contributed by atoms with Gasteiger partial charge in [0.25, 0.3) is 0 Å². The van der Waals surface area contributed by atoms with E-state index >= 15 is 4.39 Å². The van der Waals surface area contributed by atoms with Gasteiger partial charge in [0.05, 0.1) is 30.1 Å². The van der Waals surface area contributed by atoms with E-state index in [9.17, 15) is 4.79 Å². The van der Waals surface area contributed by atoms with Crippen molar-refractivity contribution in [1.82, 2.24) is 9.55 Å². The molecule has 0 atom stereocenters. The highest BCUT2D eigenvalue weighted by Gasteiger charge is 2.32. The molecule has 0 aliphatic heterocycles. The zero-order valence-corrected chi connectivity index (χ0v) is 20.0. The molecule has 0 amide bonds. The minimum Gasteiger partial charge on any atom is -0.496 e. The number of halogens is 3. The summed E-state index contributed by atoms with van der Waals surface area (Å²) in [4.78, 5) is 17.8. The molecule has 1 fully saturated rings. The van der Waals surface area contributed by atoms with Gasteiger partial charge in [-0.2, -0.15) is 0 Å². The monoisotopic (exact) mass is 490 g/mol. The van der Waals surface area contributed by atoms with Gasteiger partial charge in [0.2, 0.25) is 0 Å². The van der Waals surface area contributed by atoms with Gasteiger partial charge in [-0.05, 0) is 50.1 Å². The number of esters is 1. The van der Waals surface area contributed by atoms with Crippen LogP contribution in [0.4, 0.5) is 4.39 Å². The third kappa shape index (κ3) is 4.59. The zero-order valence-electron chi connectivity index (χ0n) is 18.5. The zero-order chi connectivity index (χ0) is 23.5. The Labute approximate surface area is 202 Å². The third-order valence-corrected chi connectivity index (χ3v) is 6.46. The van der Waals surface area contributed by atoms with E-state index in [2.05, 4.69) is 0 Å². The van der Waals surface area contributed by atoms with Gasteiger partial charge in [0, 0.05) is 16.5 Å². The van der Waals surface area contributed by atoms with E-state index in [0.29, 0.717) is 27.9 Å². The number of rotatable bonds is 6. The Morgan fingerprint density at radius 3 is 2.64 bits per heavy atom. The number of benzene rings is 2. The molecule has 5 nitrogen and oxygen atoms in total. The van der Waals surface area contributed by atoms with Gasteiger partial charge in [0.1, 0.15) is 11.6 Å². The largest absolute Gasteiger partial charge is 0.496 e. The number of carbonyl (C=O) groups excluding carboxylic acids is 1. The van der Waals surface area contributed by atoms with E-state index in [1.807, 2.05) is 0 Å². The van der Waals surface area contributed by atoms with Crippen LogP contribution in [0.15, 0.2) is 36.4 Å². The molecule has 1 aliphatic rings. The van der Waals surface area contributed by atoms with E-state index in [0.717, 1.165) is 32.1 Å². The van der Waals surface area contributed by atoms with E-state index in [1.54, 1.807) is 41.8 Å². The Morgan fingerprint density at radius 1 is 1.18 bits per heavy atom. The highest BCUT2D eigenvalue weighted by molar-refractivity contribution is 6.31. The lowest BCUT2D eigenvalue weighted by Crippen LogP contribution is -2.13. The Balaban J connectivity index is 2.10. The van der Waals surface area contributed by atoms with Crippen LogP contribution in [0.25, 0.3) is 16.9 Å². The average molecular weight is 491 g/mol. The molecule has 1 saturated carbocycles. The van der Waals surface area contributed by atoms with Crippen molar-refractivity contribution in [2.24, 2.45) is 0 Å². The van der Waals surface area contributed by atoms with Gasteiger partial charge in [-0.15, -0.1) is 0 Å². The fourth-order valence-electron chi connectivity index (χ4n) is 4.44. The summed E-state index contributed by atoms with van der Waals surface area (Å²) in [5, 5.41) is 0.427. The van der Waals surface area contributed by atoms with Crippen LogP contribution in [0.2, 0.25) is 10.0 Å². The van der Waals surface area contributed by atoms with Crippen LogP contribution in [-0.4, -0.2) is 29.2 Å². The van der Waals surface area contributed by atoms with Gasteiger partial charge < -0.3 is 9.47 Å². The first kappa shape index (κ1) is 23.6. The van der Waals surface area contributed by atoms with Crippen LogP contribution in [-0.2, 0) is 4.74 Å². The van der Waals surface area contributed by atoms with Crippen molar-refractivity contribution < 1.29 is 18.7 Å². The first-order valence-corrected chi connectivity index (χ1v) is 11.8. The van der Waals surface area contributed by atoms with Crippen molar-refractivity contribution >= 4 is 29.2 Å². The Bertz CT molecular complexity index is 1170.